The molecule has 0 unspecified atom stereocenters. The van der Waals surface area contributed by atoms with Gasteiger partial charge in [0.05, 0.1) is 38.8 Å². The minimum absolute atomic E-state index is 0.556. The van der Waals surface area contributed by atoms with Crippen LogP contribution in [0.5, 0.6) is 0 Å². The molecule has 1 aliphatic heterocycles. The lowest BCUT2D eigenvalue weighted by atomic mass is 10.1. The third-order valence-corrected chi connectivity index (χ3v) is 12.4. The van der Waals surface area contributed by atoms with Gasteiger partial charge in [0.15, 0.2) is 0 Å². The van der Waals surface area contributed by atoms with Crippen LogP contribution in [0.1, 0.15) is 0 Å². The summed E-state index contributed by atoms with van der Waals surface area (Å²) in [5.41, 5.74) is 11.0. The molecule has 6 nitrogen and oxygen atoms in total. The Balaban J connectivity index is 1.15. The summed E-state index contributed by atoms with van der Waals surface area (Å²) < 4.78 is 13.6. The van der Waals surface area contributed by atoms with E-state index in [0.717, 1.165) is 66.6 Å². The molecule has 5 aromatic heterocycles. The van der Waals surface area contributed by atoms with Crippen molar-refractivity contribution in [3.63, 3.8) is 0 Å². The van der Waals surface area contributed by atoms with E-state index in [1.54, 1.807) is 0 Å². The molecule has 12 aromatic rings. The second kappa shape index (κ2) is 10.7. The van der Waals surface area contributed by atoms with Gasteiger partial charge in [-0.2, -0.15) is 4.98 Å². The Bertz CT molecular complexity index is 3550. The first-order valence-corrected chi connectivity index (χ1v) is 19.2. The number of aromatic nitrogens is 5. The van der Waals surface area contributed by atoms with Crippen LogP contribution in [-0.2, 0) is 0 Å². The number of nitrogens with zero attached hydrogens (tertiary/aromatic N) is 5. The Labute approximate surface area is 317 Å². The number of furan rings is 1. The van der Waals surface area contributed by atoms with E-state index in [4.69, 9.17) is 14.4 Å². The Morgan fingerprint density at radius 1 is 0.473 bits per heavy atom. The Kier molecular flexibility index (Phi) is 5.74. The van der Waals surface area contributed by atoms with Crippen molar-refractivity contribution in [2.45, 2.75) is 9.79 Å². The summed E-state index contributed by atoms with van der Waals surface area (Å²) in [5, 5.41) is 7.91. The SMILES string of the molecule is c1cc(-c2nc(-n3c4ccccc4c4c5cccc6c5n(c43)-c3ccccc3S6)nc3oc4ccccc4c23)cc(-n2c3ccccc3c3ccccc32)c1. The quantitative estimate of drug-likeness (QED) is 0.182. The smallest absolute Gasteiger partial charge is 0.239 e. The van der Waals surface area contributed by atoms with Gasteiger partial charge in [0.25, 0.3) is 0 Å². The number of para-hydroxylation sites is 6. The molecular weight excluding hydrogens is 695 g/mol. The van der Waals surface area contributed by atoms with E-state index in [0.29, 0.717) is 11.7 Å². The number of hydrogen-bond donors (Lipinski definition) is 0. The van der Waals surface area contributed by atoms with E-state index >= 15 is 0 Å². The zero-order chi connectivity index (χ0) is 35.8. The van der Waals surface area contributed by atoms with Gasteiger partial charge in [0.1, 0.15) is 11.2 Å². The van der Waals surface area contributed by atoms with Crippen molar-refractivity contribution in [3.8, 4) is 28.6 Å². The van der Waals surface area contributed by atoms with Crippen molar-refractivity contribution in [2.75, 3.05) is 0 Å². The van der Waals surface area contributed by atoms with Gasteiger partial charge >= 0.3 is 0 Å². The van der Waals surface area contributed by atoms with E-state index in [2.05, 4.69) is 165 Å². The average Bonchev–Trinajstić information content (AvgIpc) is 3.98. The number of hydrogen-bond acceptors (Lipinski definition) is 4. The van der Waals surface area contributed by atoms with Gasteiger partial charge in [-0.3, -0.25) is 9.13 Å². The molecule has 1 aliphatic rings. The molecule has 55 heavy (non-hydrogen) atoms. The zero-order valence-electron chi connectivity index (χ0n) is 29.1. The van der Waals surface area contributed by atoms with Crippen LogP contribution >= 0.6 is 11.8 Å². The summed E-state index contributed by atoms with van der Waals surface area (Å²) in [7, 11) is 0. The van der Waals surface area contributed by atoms with Crippen LogP contribution < -0.4 is 0 Å². The summed E-state index contributed by atoms with van der Waals surface area (Å²) in [6.07, 6.45) is 0. The molecule has 7 heteroatoms. The fourth-order valence-corrected chi connectivity index (χ4v) is 10.1. The molecule has 0 saturated carbocycles. The van der Waals surface area contributed by atoms with Crippen LogP contribution in [-0.4, -0.2) is 23.7 Å². The largest absolute Gasteiger partial charge is 0.437 e. The molecule has 13 rings (SSSR count). The van der Waals surface area contributed by atoms with E-state index in [9.17, 15) is 0 Å². The minimum Gasteiger partial charge on any atom is -0.437 e. The Morgan fingerprint density at radius 3 is 1.93 bits per heavy atom. The summed E-state index contributed by atoms with van der Waals surface area (Å²) in [5.74, 6) is 0.561. The molecule has 7 aromatic carbocycles. The van der Waals surface area contributed by atoms with Crippen molar-refractivity contribution in [3.05, 3.63) is 164 Å². The highest BCUT2D eigenvalue weighted by Gasteiger charge is 2.29. The maximum Gasteiger partial charge on any atom is 0.239 e. The van der Waals surface area contributed by atoms with Crippen molar-refractivity contribution in [1.29, 1.82) is 0 Å². The molecular formula is C48H27N5OS. The van der Waals surface area contributed by atoms with Crippen molar-refractivity contribution in [2.24, 2.45) is 0 Å². The molecule has 0 aliphatic carbocycles. The van der Waals surface area contributed by atoms with E-state index < -0.39 is 0 Å². The van der Waals surface area contributed by atoms with Gasteiger partial charge in [-0.05, 0) is 54.6 Å². The fraction of sp³-hybridized carbons (Fsp3) is 0. The fourth-order valence-electron chi connectivity index (χ4n) is 9.04. The van der Waals surface area contributed by atoms with E-state index in [-0.39, 0.29) is 0 Å². The second-order valence-electron chi connectivity index (χ2n) is 14.2. The molecule has 0 fully saturated rings. The normalized spacial score (nSPS) is 12.7. The van der Waals surface area contributed by atoms with E-state index in [1.165, 1.54) is 36.9 Å². The van der Waals surface area contributed by atoms with E-state index in [1.807, 2.05) is 23.9 Å². The summed E-state index contributed by atoms with van der Waals surface area (Å²) >= 11 is 1.83. The molecule has 256 valence electrons. The van der Waals surface area contributed by atoms with Gasteiger partial charge < -0.3 is 8.98 Å². The molecule has 0 amide bonds. The van der Waals surface area contributed by atoms with Gasteiger partial charge in [0.2, 0.25) is 11.7 Å². The monoisotopic (exact) mass is 721 g/mol. The van der Waals surface area contributed by atoms with Crippen LogP contribution in [0, 0.1) is 0 Å². The lowest BCUT2D eigenvalue weighted by molar-refractivity contribution is 0.651. The van der Waals surface area contributed by atoms with Crippen LogP contribution in [0.4, 0.5) is 0 Å². The molecule has 6 heterocycles. The molecule has 0 bridgehead atoms. The average molecular weight is 722 g/mol. The van der Waals surface area contributed by atoms with Gasteiger partial charge in [0, 0.05) is 53.4 Å². The summed E-state index contributed by atoms with van der Waals surface area (Å²) in [4.78, 5) is 13.3. The van der Waals surface area contributed by atoms with Crippen molar-refractivity contribution in [1.82, 2.24) is 23.7 Å². The minimum atomic E-state index is 0.556. The first-order valence-electron chi connectivity index (χ1n) is 18.4. The molecule has 0 N–H and O–H groups in total. The second-order valence-corrected chi connectivity index (χ2v) is 15.3. The van der Waals surface area contributed by atoms with Crippen LogP contribution in [0.25, 0.3) is 105 Å². The van der Waals surface area contributed by atoms with Crippen LogP contribution in [0.3, 0.4) is 0 Å². The third kappa shape index (κ3) is 3.89. The van der Waals surface area contributed by atoms with Gasteiger partial charge in [-0.25, -0.2) is 4.98 Å². The molecule has 0 radical (unpaired) electrons. The standard InChI is InChI=1S/C48H27N5OS/c1-5-20-35-30(15-1)31-16-2-6-21-36(31)51(35)29-14-11-13-28(27-29)44-43-33-18-4-9-24-39(33)54-46(43)50-48(49-44)53-37-22-7-3-17-32(37)42-34-19-12-26-41-45(34)52(47(42)53)38-23-8-10-25-40(38)55-41/h1-27H. The maximum absolute atomic E-state index is 6.62. The predicted octanol–water partition coefficient (Wildman–Crippen LogP) is 12.6. The number of rotatable bonds is 3. The molecule has 0 spiro atoms. The highest BCUT2D eigenvalue weighted by molar-refractivity contribution is 7.99. The highest BCUT2D eigenvalue weighted by Crippen LogP contribution is 2.49. The van der Waals surface area contributed by atoms with Gasteiger partial charge in [-0.15, -0.1) is 0 Å². The Hall–Kier alpha value is -7.09. The lowest BCUT2D eigenvalue weighted by Gasteiger charge is -2.20. The lowest BCUT2D eigenvalue weighted by Crippen LogP contribution is -2.08. The molecule has 0 atom stereocenters. The molecule has 0 saturated heterocycles. The summed E-state index contributed by atoms with van der Waals surface area (Å²) in [6, 6.07) is 58.1. The van der Waals surface area contributed by atoms with Crippen LogP contribution in [0.15, 0.2) is 178 Å². The topological polar surface area (TPSA) is 53.7 Å². The first kappa shape index (κ1) is 29.4. The predicted molar refractivity (Wildman–Crippen MR) is 224 cm³/mol. The third-order valence-electron chi connectivity index (χ3n) is 11.3. The maximum atomic E-state index is 6.62. The first-order chi connectivity index (χ1) is 27.3. The zero-order valence-corrected chi connectivity index (χ0v) is 30.0. The van der Waals surface area contributed by atoms with Crippen molar-refractivity contribution >= 4 is 88.5 Å². The Morgan fingerprint density at radius 2 is 1.11 bits per heavy atom. The van der Waals surface area contributed by atoms with Crippen molar-refractivity contribution < 1.29 is 4.42 Å². The number of benzene rings is 7. The van der Waals surface area contributed by atoms with Gasteiger partial charge in [-0.1, -0.05) is 121 Å². The van der Waals surface area contributed by atoms with Crippen LogP contribution in [0.2, 0.25) is 0 Å². The number of fused-ring (bicyclic) bond motifs is 13. The highest BCUT2D eigenvalue weighted by atomic mass is 32.2. The summed E-state index contributed by atoms with van der Waals surface area (Å²) in [6.45, 7) is 0.